The number of methoxy groups -OCH3 is 1. The summed E-state index contributed by atoms with van der Waals surface area (Å²) < 4.78 is 32.3. The van der Waals surface area contributed by atoms with Gasteiger partial charge in [0.1, 0.15) is 4.88 Å². The molecule has 31 heavy (non-hydrogen) atoms. The Balaban J connectivity index is 1.39. The van der Waals surface area contributed by atoms with Crippen molar-refractivity contribution in [3.8, 4) is 0 Å². The molecular weight excluding hydrogens is 436 g/mol. The minimum Gasteiger partial charge on any atom is -0.465 e. The minimum absolute atomic E-state index is 0.166. The van der Waals surface area contributed by atoms with E-state index in [1.165, 1.54) is 11.4 Å². The van der Waals surface area contributed by atoms with Gasteiger partial charge in [-0.3, -0.25) is 4.79 Å². The average molecular weight is 459 g/mol. The Labute approximate surface area is 184 Å². The van der Waals surface area contributed by atoms with Crippen LogP contribution in [-0.2, 0) is 19.6 Å². The summed E-state index contributed by atoms with van der Waals surface area (Å²) in [4.78, 5) is 24.8. The third-order valence-electron chi connectivity index (χ3n) is 5.42. The van der Waals surface area contributed by atoms with Crippen LogP contribution in [0, 0.1) is 5.92 Å². The molecule has 7 nitrogen and oxygen atoms in total. The summed E-state index contributed by atoms with van der Waals surface area (Å²) >= 11 is 1.15. The first-order valence-corrected chi connectivity index (χ1v) is 12.1. The van der Waals surface area contributed by atoms with Gasteiger partial charge >= 0.3 is 5.97 Å². The van der Waals surface area contributed by atoms with Crippen molar-refractivity contribution in [2.45, 2.75) is 17.7 Å². The molecule has 2 heterocycles. The number of carbonyl (C=O) groups excluding carboxylic acids is 2. The number of hydrogen-bond acceptors (Lipinski definition) is 6. The van der Waals surface area contributed by atoms with E-state index in [0.717, 1.165) is 22.1 Å². The molecule has 0 atom stereocenters. The van der Waals surface area contributed by atoms with Crippen LogP contribution in [0.3, 0.4) is 0 Å². The van der Waals surface area contributed by atoms with Crippen LogP contribution >= 0.6 is 11.3 Å². The summed E-state index contributed by atoms with van der Waals surface area (Å²) in [6.45, 7) is 0.566. The largest absolute Gasteiger partial charge is 0.465 e. The van der Waals surface area contributed by atoms with Crippen LogP contribution in [-0.4, -0.2) is 44.8 Å². The molecule has 1 N–H and O–H groups in total. The van der Waals surface area contributed by atoms with Gasteiger partial charge in [0, 0.05) is 19.0 Å². The Kier molecular flexibility index (Phi) is 6.08. The topological polar surface area (TPSA) is 92.8 Å². The lowest BCUT2D eigenvalue weighted by Crippen LogP contribution is -2.41. The molecular formula is C22H22N2O5S2. The third kappa shape index (κ3) is 4.48. The van der Waals surface area contributed by atoms with Gasteiger partial charge in [0.05, 0.1) is 17.0 Å². The van der Waals surface area contributed by atoms with Crippen LogP contribution in [0.4, 0.5) is 5.00 Å². The van der Waals surface area contributed by atoms with Crippen molar-refractivity contribution in [2.24, 2.45) is 5.92 Å². The fourth-order valence-electron chi connectivity index (χ4n) is 3.67. The predicted molar refractivity (Wildman–Crippen MR) is 120 cm³/mol. The summed E-state index contributed by atoms with van der Waals surface area (Å²) in [5.74, 6) is -0.898. The van der Waals surface area contributed by atoms with Crippen LogP contribution in [0.1, 0.15) is 22.5 Å². The average Bonchev–Trinajstić information content (AvgIpc) is 3.26. The van der Waals surface area contributed by atoms with E-state index in [-0.39, 0.29) is 29.8 Å². The number of nitrogens with zero attached hydrogens (tertiary/aromatic N) is 1. The molecule has 0 radical (unpaired) electrons. The fourth-order valence-corrected chi connectivity index (χ4v) is 6.01. The van der Waals surface area contributed by atoms with Gasteiger partial charge in [-0.15, -0.1) is 11.3 Å². The second-order valence-electron chi connectivity index (χ2n) is 7.33. The number of piperidine rings is 1. The fraction of sp³-hybridized carbons (Fsp3) is 0.273. The Morgan fingerprint density at radius 3 is 2.45 bits per heavy atom. The molecule has 162 valence electrons. The summed E-state index contributed by atoms with van der Waals surface area (Å²) in [7, 11) is -2.31. The number of ether oxygens (including phenoxy) is 1. The molecule has 1 amide bonds. The lowest BCUT2D eigenvalue weighted by Gasteiger charge is -2.30. The van der Waals surface area contributed by atoms with E-state index in [9.17, 15) is 18.0 Å². The number of nitrogens with one attached hydrogen (secondary N) is 1. The van der Waals surface area contributed by atoms with E-state index in [0.29, 0.717) is 22.7 Å². The monoisotopic (exact) mass is 458 g/mol. The van der Waals surface area contributed by atoms with Crippen molar-refractivity contribution in [3.05, 3.63) is 59.5 Å². The molecule has 0 saturated carbocycles. The maximum Gasteiger partial charge on any atom is 0.348 e. The van der Waals surface area contributed by atoms with Gasteiger partial charge in [-0.2, -0.15) is 4.31 Å². The molecule has 1 aromatic heterocycles. The molecule has 1 fully saturated rings. The maximum absolute atomic E-state index is 13.1. The summed E-state index contributed by atoms with van der Waals surface area (Å²) in [5.41, 5.74) is 0. The Bertz CT molecular complexity index is 1230. The molecule has 0 bridgehead atoms. The first-order chi connectivity index (χ1) is 14.9. The maximum atomic E-state index is 13.1. The SMILES string of the molecule is COC(=O)c1ccc(NC(=O)C2CCN(S(=O)(=O)c3ccc4ccccc4c3)CC2)s1. The summed E-state index contributed by atoms with van der Waals surface area (Å²) in [6, 6.07) is 16.0. The molecule has 1 aliphatic heterocycles. The molecule has 0 aliphatic carbocycles. The van der Waals surface area contributed by atoms with Crippen LogP contribution in [0.15, 0.2) is 59.5 Å². The molecule has 9 heteroatoms. The molecule has 0 unspecified atom stereocenters. The number of benzene rings is 2. The highest BCUT2D eigenvalue weighted by atomic mass is 32.2. The summed E-state index contributed by atoms with van der Waals surface area (Å²) in [6.07, 6.45) is 0.877. The standard InChI is InChI=1S/C22H22N2O5S2/c1-29-22(26)19-8-9-20(30-19)23-21(25)16-10-12-24(13-11-16)31(27,28)18-7-6-15-4-2-3-5-17(15)14-18/h2-9,14,16H,10-13H2,1H3,(H,23,25). The Hall–Kier alpha value is -2.75. The van der Waals surface area contributed by atoms with Crippen molar-refractivity contribution in [3.63, 3.8) is 0 Å². The molecule has 4 rings (SSSR count). The van der Waals surface area contributed by atoms with Gasteiger partial charge in [0.25, 0.3) is 0 Å². The molecule has 1 aliphatic rings. The zero-order chi connectivity index (χ0) is 22.0. The molecule has 3 aromatic rings. The molecule has 0 spiro atoms. The summed E-state index contributed by atoms with van der Waals surface area (Å²) in [5, 5.41) is 5.25. The second-order valence-corrected chi connectivity index (χ2v) is 10.4. The number of fused-ring (bicyclic) bond motifs is 1. The number of thiophene rings is 1. The van der Waals surface area contributed by atoms with Crippen molar-refractivity contribution in [1.82, 2.24) is 4.31 Å². The number of amides is 1. The van der Waals surface area contributed by atoms with E-state index in [1.54, 1.807) is 24.3 Å². The lowest BCUT2D eigenvalue weighted by molar-refractivity contribution is -0.120. The number of hydrogen-bond donors (Lipinski definition) is 1. The highest BCUT2D eigenvalue weighted by molar-refractivity contribution is 7.89. The van der Waals surface area contributed by atoms with Gasteiger partial charge in [0.15, 0.2) is 0 Å². The van der Waals surface area contributed by atoms with Crippen molar-refractivity contribution in [1.29, 1.82) is 0 Å². The van der Waals surface area contributed by atoms with Crippen molar-refractivity contribution in [2.75, 3.05) is 25.5 Å². The second kappa shape index (κ2) is 8.78. The van der Waals surface area contributed by atoms with E-state index < -0.39 is 16.0 Å². The highest BCUT2D eigenvalue weighted by Crippen LogP contribution is 2.28. The highest BCUT2D eigenvalue weighted by Gasteiger charge is 2.32. The van der Waals surface area contributed by atoms with Crippen molar-refractivity contribution >= 4 is 49.0 Å². The number of carbonyl (C=O) groups is 2. The predicted octanol–water partition coefficient (Wildman–Crippen LogP) is 3.73. The van der Waals surface area contributed by atoms with E-state index in [1.807, 2.05) is 30.3 Å². The number of sulfonamides is 1. The lowest BCUT2D eigenvalue weighted by atomic mass is 9.97. The van der Waals surface area contributed by atoms with E-state index in [4.69, 9.17) is 0 Å². The van der Waals surface area contributed by atoms with Gasteiger partial charge in [-0.25, -0.2) is 13.2 Å². The first kappa shape index (κ1) is 21.5. The van der Waals surface area contributed by atoms with E-state index in [2.05, 4.69) is 10.1 Å². The Morgan fingerprint density at radius 2 is 1.74 bits per heavy atom. The zero-order valence-electron chi connectivity index (χ0n) is 16.9. The van der Waals surface area contributed by atoms with E-state index >= 15 is 0 Å². The van der Waals surface area contributed by atoms with Gasteiger partial charge in [0.2, 0.25) is 15.9 Å². The normalized spacial score (nSPS) is 15.6. The quantitative estimate of drug-likeness (QED) is 0.588. The van der Waals surface area contributed by atoms with Crippen LogP contribution in [0.2, 0.25) is 0 Å². The third-order valence-corrected chi connectivity index (χ3v) is 8.30. The number of rotatable bonds is 5. The number of esters is 1. The minimum atomic E-state index is -3.62. The van der Waals surface area contributed by atoms with Crippen molar-refractivity contribution < 1.29 is 22.7 Å². The van der Waals surface area contributed by atoms with Gasteiger partial charge < -0.3 is 10.1 Å². The van der Waals surface area contributed by atoms with Gasteiger partial charge in [-0.05, 0) is 47.9 Å². The molecule has 2 aromatic carbocycles. The van der Waals surface area contributed by atoms with Gasteiger partial charge in [-0.1, -0.05) is 30.3 Å². The van der Waals surface area contributed by atoms with Crippen LogP contribution < -0.4 is 5.32 Å². The van der Waals surface area contributed by atoms with Crippen LogP contribution in [0.25, 0.3) is 10.8 Å². The first-order valence-electron chi connectivity index (χ1n) is 9.86. The number of anilines is 1. The van der Waals surface area contributed by atoms with Crippen LogP contribution in [0.5, 0.6) is 0 Å². The zero-order valence-corrected chi connectivity index (χ0v) is 18.5. The smallest absolute Gasteiger partial charge is 0.348 e. The molecule has 1 saturated heterocycles. The Morgan fingerprint density at radius 1 is 1.03 bits per heavy atom.